The summed E-state index contributed by atoms with van der Waals surface area (Å²) < 4.78 is 4.87. The van der Waals surface area contributed by atoms with E-state index in [9.17, 15) is 0 Å². The summed E-state index contributed by atoms with van der Waals surface area (Å²) in [6.45, 7) is 17.9. The largest absolute Gasteiger partial charge is 0.341 e. The molecule has 0 amide bonds. The lowest BCUT2D eigenvalue weighted by molar-refractivity contribution is 0.557. The van der Waals surface area contributed by atoms with Crippen molar-refractivity contribution in [1.82, 2.24) is 9.13 Å². The van der Waals surface area contributed by atoms with Crippen molar-refractivity contribution in [2.45, 2.75) is 72.4 Å². The van der Waals surface area contributed by atoms with Gasteiger partial charge in [-0.15, -0.1) is 0 Å². The molecule has 11 rings (SSSR count). The fourth-order valence-corrected chi connectivity index (χ4v) is 11.2. The Balaban J connectivity index is 1.10. The zero-order valence-electron chi connectivity index (χ0n) is 36.4. The van der Waals surface area contributed by atoms with E-state index >= 15 is 0 Å². The minimum absolute atomic E-state index is 0.176. The van der Waals surface area contributed by atoms with Gasteiger partial charge in [-0.25, -0.2) is 0 Å². The summed E-state index contributed by atoms with van der Waals surface area (Å²) >= 11 is 0. The van der Waals surface area contributed by atoms with E-state index in [1.54, 1.807) is 0 Å². The lowest BCUT2D eigenvalue weighted by Gasteiger charge is -2.48. The van der Waals surface area contributed by atoms with Crippen molar-refractivity contribution in [2.75, 3.05) is 0 Å². The van der Waals surface area contributed by atoms with Crippen LogP contribution in [0.15, 0.2) is 164 Å². The first-order chi connectivity index (χ1) is 29.6. The first-order valence-electron chi connectivity index (χ1n) is 22.1. The van der Waals surface area contributed by atoms with Crippen LogP contribution in [0.25, 0.3) is 65.9 Å². The molecule has 2 heterocycles. The van der Waals surface area contributed by atoms with Crippen molar-refractivity contribution in [2.24, 2.45) is 0 Å². The first-order valence-corrected chi connectivity index (χ1v) is 22.1. The maximum Gasteiger partial charge on any atom is 0.0707 e. The third kappa shape index (κ3) is 5.41. The maximum atomic E-state index is 2.45. The van der Waals surface area contributed by atoms with Crippen LogP contribution in [0, 0.1) is 20.8 Å². The van der Waals surface area contributed by atoms with E-state index in [-0.39, 0.29) is 5.41 Å². The highest BCUT2D eigenvalue weighted by Gasteiger charge is 2.49. The smallest absolute Gasteiger partial charge is 0.0707 e. The summed E-state index contributed by atoms with van der Waals surface area (Å²) in [6.07, 6.45) is 0. The second-order valence-electron chi connectivity index (χ2n) is 18.1. The predicted octanol–water partition coefficient (Wildman–Crippen LogP) is 15.2. The van der Waals surface area contributed by atoms with Crippen molar-refractivity contribution in [3.8, 4) is 22.3 Å². The minimum Gasteiger partial charge on any atom is -0.341 e. The van der Waals surface area contributed by atoms with Gasteiger partial charge in [-0.3, -0.25) is 0 Å². The van der Waals surface area contributed by atoms with Crippen LogP contribution in [0.1, 0.15) is 77.8 Å². The van der Waals surface area contributed by atoms with Crippen molar-refractivity contribution in [1.29, 1.82) is 0 Å². The predicted molar refractivity (Wildman–Crippen MR) is 259 cm³/mol. The molecule has 2 nitrogen and oxygen atoms in total. The van der Waals surface area contributed by atoms with Crippen LogP contribution in [0.5, 0.6) is 0 Å². The number of fused-ring (bicyclic) bond motifs is 8. The topological polar surface area (TPSA) is 9.86 Å². The molecule has 2 aromatic heterocycles. The molecule has 298 valence electrons. The van der Waals surface area contributed by atoms with Gasteiger partial charge in [0.2, 0.25) is 0 Å². The molecule has 0 fully saturated rings. The number of aromatic nitrogens is 2. The number of rotatable bonds is 6. The Kier molecular flexibility index (Phi) is 8.39. The van der Waals surface area contributed by atoms with Gasteiger partial charge in [0.25, 0.3) is 0 Å². The second kappa shape index (κ2) is 13.7. The Bertz CT molecular complexity index is 3310. The molecule has 0 saturated carbocycles. The Morgan fingerprint density at radius 2 is 0.754 bits per heavy atom. The standard InChI is InChI=1S/C59H52N2/c1-8-60-54-13-11-10-12-46(54)48-35-42(21-30-56(48)60)40-17-23-44(24-18-40)59(50-27-14-38(4)33-52(50)58(6,7)53-34-39(5)15-28-51(53)59)45-25-19-41(20-26-45)43-22-31-57-49(36-43)47-32-37(3)16-29-55(47)61(57)9-2/h10-36H,8-9H2,1-7H3. The summed E-state index contributed by atoms with van der Waals surface area (Å²) in [5.41, 5.74) is 21.3. The monoisotopic (exact) mass is 788 g/mol. The molecule has 1 aliphatic rings. The Hall–Kier alpha value is -6.64. The van der Waals surface area contributed by atoms with Crippen molar-refractivity contribution in [3.05, 3.63) is 214 Å². The van der Waals surface area contributed by atoms with Crippen LogP contribution in [0.2, 0.25) is 0 Å². The lowest BCUT2D eigenvalue weighted by atomic mass is 9.54. The number of hydrogen-bond donors (Lipinski definition) is 0. The highest BCUT2D eigenvalue weighted by molar-refractivity contribution is 6.10. The normalized spacial score (nSPS) is 14.2. The summed E-state index contributed by atoms with van der Waals surface area (Å²) in [5, 5.41) is 5.27. The van der Waals surface area contributed by atoms with Crippen LogP contribution in [-0.4, -0.2) is 9.13 Å². The highest BCUT2D eigenvalue weighted by Crippen LogP contribution is 2.56. The molecule has 0 spiro atoms. The summed E-state index contributed by atoms with van der Waals surface area (Å²) in [6, 6.07) is 63.2. The van der Waals surface area contributed by atoms with Crippen LogP contribution < -0.4 is 0 Å². The van der Waals surface area contributed by atoms with Crippen LogP contribution >= 0.6 is 0 Å². The number of hydrogen-bond acceptors (Lipinski definition) is 0. The molecule has 0 radical (unpaired) electrons. The number of aryl methyl sites for hydroxylation is 5. The zero-order chi connectivity index (χ0) is 41.8. The Morgan fingerprint density at radius 3 is 1.26 bits per heavy atom. The van der Waals surface area contributed by atoms with Crippen LogP contribution in [0.4, 0.5) is 0 Å². The number of nitrogens with zero attached hydrogens (tertiary/aromatic N) is 2. The molecule has 2 heteroatoms. The molecule has 0 unspecified atom stereocenters. The van der Waals surface area contributed by atoms with E-state index in [4.69, 9.17) is 0 Å². The Labute approximate surface area is 359 Å². The van der Waals surface area contributed by atoms with Gasteiger partial charge in [-0.05, 0) is 133 Å². The molecule has 0 N–H and O–H groups in total. The highest BCUT2D eigenvalue weighted by atomic mass is 15.0. The van der Waals surface area contributed by atoms with Gasteiger partial charge in [0.15, 0.2) is 0 Å². The maximum absolute atomic E-state index is 2.45. The van der Waals surface area contributed by atoms with Gasteiger partial charge in [0.1, 0.15) is 0 Å². The minimum atomic E-state index is -0.535. The molecule has 1 aliphatic carbocycles. The average Bonchev–Trinajstić information content (AvgIpc) is 3.78. The van der Waals surface area contributed by atoms with Crippen molar-refractivity contribution >= 4 is 43.6 Å². The molecule has 0 aliphatic heterocycles. The van der Waals surface area contributed by atoms with E-state index in [0.717, 1.165) is 13.1 Å². The summed E-state index contributed by atoms with van der Waals surface area (Å²) in [4.78, 5) is 0. The SMILES string of the molecule is CCn1c2ccccc2c2cc(-c3ccc(C4(c5ccc(-c6ccc7c(c6)c6cc(C)ccc6n7CC)cc5)c5ccc(C)cc5C(C)(C)c5cc(C)ccc54)cc3)ccc21. The number of para-hydroxylation sites is 1. The van der Waals surface area contributed by atoms with Crippen molar-refractivity contribution in [3.63, 3.8) is 0 Å². The van der Waals surface area contributed by atoms with E-state index in [1.807, 2.05) is 0 Å². The molecule has 10 aromatic rings. The van der Waals surface area contributed by atoms with E-state index in [1.165, 1.54) is 116 Å². The Morgan fingerprint density at radius 1 is 0.361 bits per heavy atom. The quantitative estimate of drug-likeness (QED) is 0.159. The molecular weight excluding hydrogens is 737 g/mol. The summed E-state index contributed by atoms with van der Waals surface area (Å²) in [5.74, 6) is 0. The zero-order valence-corrected chi connectivity index (χ0v) is 36.4. The molecule has 0 bridgehead atoms. The third-order valence-corrected chi connectivity index (χ3v) is 14.2. The van der Waals surface area contributed by atoms with Crippen LogP contribution in [-0.2, 0) is 23.9 Å². The first kappa shape index (κ1) is 37.4. The average molecular weight is 789 g/mol. The van der Waals surface area contributed by atoms with Gasteiger partial charge in [-0.1, -0.05) is 152 Å². The fraction of sp³-hybridized carbons (Fsp3) is 0.186. The lowest BCUT2D eigenvalue weighted by Crippen LogP contribution is -2.42. The van der Waals surface area contributed by atoms with Gasteiger partial charge in [0.05, 0.1) is 5.41 Å². The molecule has 8 aromatic carbocycles. The van der Waals surface area contributed by atoms with E-state index < -0.39 is 5.41 Å². The van der Waals surface area contributed by atoms with E-state index in [0.29, 0.717) is 0 Å². The molecule has 0 saturated heterocycles. The van der Waals surface area contributed by atoms with Gasteiger partial charge in [-0.2, -0.15) is 0 Å². The second-order valence-corrected chi connectivity index (χ2v) is 18.1. The number of benzene rings is 8. The van der Waals surface area contributed by atoms with Gasteiger partial charge >= 0.3 is 0 Å². The van der Waals surface area contributed by atoms with E-state index in [2.05, 4.69) is 221 Å². The van der Waals surface area contributed by atoms with Gasteiger partial charge in [0, 0.05) is 62.1 Å². The molecular formula is C59H52N2. The van der Waals surface area contributed by atoms with Gasteiger partial charge < -0.3 is 9.13 Å². The summed E-state index contributed by atoms with van der Waals surface area (Å²) in [7, 11) is 0. The third-order valence-electron chi connectivity index (χ3n) is 14.2. The van der Waals surface area contributed by atoms with Crippen LogP contribution in [0.3, 0.4) is 0 Å². The molecule has 61 heavy (non-hydrogen) atoms. The fourth-order valence-electron chi connectivity index (χ4n) is 11.2. The molecule has 0 atom stereocenters. The van der Waals surface area contributed by atoms with Crippen molar-refractivity contribution < 1.29 is 0 Å².